The molecule has 0 aliphatic heterocycles. The number of carbonyl (C=O) groups excluding carboxylic acids is 1. The Bertz CT molecular complexity index is 1130. The SMILES string of the molecule is Cc1ccc(NC(=O)c2cccc(S(=O)(=O)Nc3ccc(Br)cc3)c2)c(O)c1. The van der Waals surface area contributed by atoms with Crippen molar-refractivity contribution in [2.75, 3.05) is 10.0 Å². The lowest BCUT2D eigenvalue weighted by Crippen LogP contribution is -2.16. The Kier molecular flexibility index (Phi) is 5.71. The maximum atomic E-state index is 12.6. The van der Waals surface area contributed by atoms with Crippen LogP contribution in [0.2, 0.25) is 0 Å². The van der Waals surface area contributed by atoms with Crippen LogP contribution in [0, 0.1) is 6.92 Å². The number of aromatic hydroxyl groups is 1. The smallest absolute Gasteiger partial charge is 0.261 e. The molecule has 1 amide bonds. The van der Waals surface area contributed by atoms with E-state index in [0.717, 1.165) is 10.0 Å². The van der Waals surface area contributed by atoms with Gasteiger partial charge in [0.05, 0.1) is 10.6 Å². The van der Waals surface area contributed by atoms with Crippen molar-refractivity contribution in [3.8, 4) is 5.75 Å². The molecule has 0 bridgehead atoms. The molecule has 0 unspecified atom stereocenters. The third-order valence-corrected chi connectivity index (χ3v) is 5.81. The van der Waals surface area contributed by atoms with Gasteiger partial charge in [-0.3, -0.25) is 9.52 Å². The van der Waals surface area contributed by atoms with Crippen molar-refractivity contribution >= 4 is 43.2 Å². The van der Waals surface area contributed by atoms with Crippen LogP contribution in [-0.4, -0.2) is 19.4 Å². The first-order valence-electron chi connectivity index (χ1n) is 8.24. The quantitative estimate of drug-likeness (QED) is 0.487. The number of rotatable bonds is 5. The van der Waals surface area contributed by atoms with Crippen LogP contribution in [0.15, 0.2) is 76.1 Å². The lowest BCUT2D eigenvalue weighted by Gasteiger charge is -2.11. The Labute approximate surface area is 171 Å². The maximum Gasteiger partial charge on any atom is 0.261 e. The summed E-state index contributed by atoms with van der Waals surface area (Å²) in [4.78, 5) is 12.4. The number of nitrogens with one attached hydrogen (secondary N) is 2. The van der Waals surface area contributed by atoms with Crippen molar-refractivity contribution in [2.24, 2.45) is 0 Å². The molecule has 8 heteroatoms. The molecule has 0 spiro atoms. The Balaban J connectivity index is 1.82. The zero-order valence-electron chi connectivity index (χ0n) is 14.8. The summed E-state index contributed by atoms with van der Waals surface area (Å²) in [7, 11) is -3.86. The summed E-state index contributed by atoms with van der Waals surface area (Å²) < 4.78 is 28.5. The largest absolute Gasteiger partial charge is 0.506 e. The molecular weight excluding hydrogens is 444 g/mol. The normalized spacial score (nSPS) is 11.1. The number of aryl methyl sites for hydroxylation is 1. The topological polar surface area (TPSA) is 95.5 Å². The third-order valence-electron chi connectivity index (χ3n) is 3.90. The van der Waals surface area contributed by atoms with Gasteiger partial charge in [-0.1, -0.05) is 28.1 Å². The van der Waals surface area contributed by atoms with Crippen LogP contribution >= 0.6 is 15.9 Å². The van der Waals surface area contributed by atoms with Crippen molar-refractivity contribution < 1.29 is 18.3 Å². The molecule has 3 aromatic rings. The van der Waals surface area contributed by atoms with Crippen LogP contribution < -0.4 is 10.0 Å². The first kappa shape index (κ1) is 19.9. The molecule has 3 aromatic carbocycles. The van der Waals surface area contributed by atoms with E-state index < -0.39 is 15.9 Å². The molecule has 0 aliphatic rings. The molecule has 0 aliphatic carbocycles. The second-order valence-electron chi connectivity index (χ2n) is 6.11. The molecular formula is C20H17BrN2O4S. The summed E-state index contributed by atoms with van der Waals surface area (Å²) in [5.41, 5.74) is 1.65. The summed E-state index contributed by atoms with van der Waals surface area (Å²) in [6.07, 6.45) is 0. The second-order valence-corrected chi connectivity index (χ2v) is 8.71. The van der Waals surface area contributed by atoms with Crippen LogP contribution in [0.4, 0.5) is 11.4 Å². The zero-order chi connectivity index (χ0) is 20.3. The average molecular weight is 461 g/mol. The molecule has 0 heterocycles. The Morgan fingerprint density at radius 1 is 1.00 bits per heavy atom. The highest BCUT2D eigenvalue weighted by atomic mass is 79.9. The maximum absolute atomic E-state index is 12.6. The van der Waals surface area contributed by atoms with Gasteiger partial charge in [-0.05, 0) is 67.1 Å². The molecule has 144 valence electrons. The number of halogens is 1. The highest BCUT2D eigenvalue weighted by Gasteiger charge is 2.17. The molecule has 3 rings (SSSR count). The van der Waals surface area contributed by atoms with E-state index in [1.807, 2.05) is 6.92 Å². The summed E-state index contributed by atoms with van der Waals surface area (Å²) in [5, 5.41) is 12.5. The van der Waals surface area contributed by atoms with Gasteiger partial charge in [0.2, 0.25) is 0 Å². The minimum atomic E-state index is -3.86. The van der Waals surface area contributed by atoms with Gasteiger partial charge in [-0.15, -0.1) is 0 Å². The van der Waals surface area contributed by atoms with Gasteiger partial charge < -0.3 is 10.4 Å². The fourth-order valence-electron chi connectivity index (χ4n) is 2.48. The molecule has 0 fully saturated rings. The minimum absolute atomic E-state index is 0.0452. The monoisotopic (exact) mass is 460 g/mol. The summed E-state index contributed by atoms with van der Waals surface area (Å²) in [6.45, 7) is 1.82. The second kappa shape index (κ2) is 8.04. The Morgan fingerprint density at radius 2 is 1.71 bits per heavy atom. The number of benzene rings is 3. The van der Waals surface area contributed by atoms with Crippen LogP contribution in [-0.2, 0) is 10.0 Å². The van der Waals surface area contributed by atoms with E-state index in [9.17, 15) is 18.3 Å². The van der Waals surface area contributed by atoms with Gasteiger partial charge in [0, 0.05) is 15.7 Å². The summed E-state index contributed by atoms with van der Waals surface area (Å²) in [6, 6.07) is 17.2. The molecule has 0 saturated carbocycles. The first-order valence-corrected chi connectivity index (χ1v) is 10.5. The Hall–Kier alpha value is -2.84. The van der Waals surface area contributed by atoms with Gasteiger partial charge in [0.15, 0.2) is 0 Å². The van der Waals surface area contributed by atoms with Crippen molar-refractivity contribution in [3.05, 3.63) is 82.3 Å². The van der Waals surface area contributed by atoms with Gasteiger partial charge in [0.25, 0.3) is 15.9 Å². The number of sulfonamides is 1. The summed E-state index contributed by atoms with van der Waals surface area (Å²) >= 11 is 3.29. The fourth-order valence-corrected chi connectivity index (χ4v) is 3.85. The fraction of sp³-hybridized carbons (Fsp3) is 0.0500. The van der Waals surface area contributed by atoms with Crippen LogP contribution in [0.3, 0.4) is 0 Å². The van der Waals surface area contributed by atoms with Gasteiger partial charge >= 0.3 is 0 Å². The zero-order valence-corrected chi connectivity index (χ0v) is 17.2. The van der Waals surface area contributed by atoms with E-state index in [1.165, 1.54) is 30.3 Å². The van der Waals surface area contributed by atoms with Gasteiger partial charge in [-0.2, -0.15) is 0 Å². The van der Waals surface area contributed by atoms with Crippen molar-refractivity contribution in [1.29, 1.82) is 0 Å². The third kappa shape index (κ3) is 4.71. The van der Waals surface area contributed by atoms with Crippen LogP contribution in [0.5, 0.6) is 5.75 Å². The molecule has 6 nitrogen and oxygen atoms in total. The standard InChI is InChI=1S/C20H17BrN2O4S/c1-13-5-10-18(19(24)11-13)22-20(25)14-3-2-4-17(12-14)28(26,27)23-16-8-6-15(21)7-9-16/h2-12,23-24H,1H3,(H,22,25). The van der Waals surface area contributed by atoms with Crippen LogP contribution in [0.1, 0.15) is 15.9 Å². The number of phenolic OH excluding ortho intramolecular Hbond substituents is 1. The number of anilines is 2. The van der Waals surface area contributed by atoms with E-state index in [2.05, 4.69) is 26.0 Å². The highest BCUT2D eigenvalue weighted by molar-refractivity contribution is 9.10. The molecule has 0 aromatic heterocycles. The number of phenols is 1. The van der Waals surface area contributed by atoms with E-state index in [0.29, 0.717) is 5.69 Å². The first-order chi connectivity index (χ1) is 13.2. The average Bonchev–Trinajstić information content (AvgIpc) is 2.66. The Morgan fingerprint density at radius 3 is 2.39 bits per heavy atom. The minimum Gasteiger partial charge on any atom is -0.506 e. The molecule has 0 saturated heterocycles. The van der Waals surface area contributed by atoms with Crippen LogP contribution in [0.25, 0.3) is 0 Å². The van der Waals surface area contributed by atoms with E-state index in [-0.39, 0.29) is 21.9 Å². The molecule has 3 N–H and O–H groups in total. The number of hydrogen-bond acceptors (Lipinski definition) is 4. The van der Waals surface area contributed by atoms with Crippen molar-refractivity contribution in [2.45, 2.75) is 11.8 Å². The molecule has 28 heavy (non-hydrogen) atoms. The molecule has 0 radical (unpaired) electrons. The predicted octanol–water partition coefficient (Wildman–Crippen LogP) is 4.52. The lowest BCUT2D eigenvalue weighted by atomic mass is 10.2. The van der Waals surface area contributed by atoms with E-state index >= 15 is 0 Å². The molecule has 0 atom stereocenters. The van der Waals surface area contributed by atoms with Crippen molar-refractivity contribution in [1.82, 2.24) is 0 Å². The van der Waals surface area contributed by atoms with E-state index in [1.54, 1.807) is 36.4 Å². The van der Waals surface area contributed by atoms with Gasteiger partial charge in [0.1, 0.15) is 5.75 Å². The number of hydrogen-bond donors (Lipinski definition) is 3. The lowest BCUT2D eigenvalue weighted by molar-refractivity contribution is 0.102. The summed E-state index contributed by atoms with van der Waals surface area (Å²) in [5.74, 6) is -0.589. The van der Waals surface area contributed by atoms with Crippen molar-refractivity contribution in [3.63, 3.8) is 0 Å². The van der Waals surface area contributed by atoms with Gasteiger partial charge in [-0.25, -0.2) is 8.42 Å². The number of carbonyl (C=O) groups is 1. The highest BCUT2D eigenvalue weighted by Crippen LogP contribution is 2.25. The number of amides is 1. The van der Waals surface area contributed by atoms with E-state index in [4.69, 9.17) is 0 Å². The predicted molar refractivity (Wildman–Crippen MR) is 112 cm³/mol.